The zero-order chi connectivity index (χ0) is 28.7. The van der Waals surface area contributed by atoms with Gasteiger partial charge in [-0.2, -0.15) is 0 Å². The van der Waals surface area contributed by atoms with E-state index in [0.717, 1.165) is 0 Å². The zero-order valence-electron chi connectivity index (χ0n) is 23.7. The van der Waals surface area contributed by atoms with E-state index in [-0.39, 0.29) is 47.7 Å². The molecule has 2 saturated carbocycles. The third-order valence-corrected chi connectivity index (χ3v) is 11.7. The van der Waals surface area contributed by atoms with Crippen molar-refractivity contribution in [3.8, 4) is 0 Å². The van der Waals surface area contributed by atoms with Crippen LogP contribution in [-0.4, -0.2) is 61.4 Å². The van der Waals surface area contributed by atoms with E-state index in [1.165, 1.54) is 6.92 Å². The van der Waals surface area contributed by atoms with E-state index in [2.05, 4.69) is 6.92 Å². The largest absolute Gasteiger partial charge is 0.509 e. The number of fused-ring (bicyclic) bond motifs is 4. The van der Waals surface area contributed by atoms with Crippen molar-refractivity contribution in [1.29, 1.82) is 0 Å². The molecule has 212 valence electrons. The second-order valence-electron chi connectivity index (χ2n) is 13.8. The number of aliphatic carboxylic acids is 1. The quantitative estimate of drug-likeness (QED) is 0.265. The smallest absolute Gasteiger partial charge is 0.334 e. The summed E-state index contributed by atoms with van der Waals surface area (Å²) >= 11 is 0. The first-order valence-corrected chi connectivity index (χ1v) is 13.8. The second kappa shape index (κ2) is 9.00. The zero-order valence-corrected chi connectivity index (χ0v) is 23.7. The van der Waals surface area contributed by atoms with Crippen molar-refractivity contribution in [3.63, 3.8) is 0 Å². The number of aliphatic hydroxyl groups is 4. The van der Waals surface area contributed by atoms with Crippen LogP contribution in [-0.2, 0) is 14.4 Å². The Labute approximate surface area is 224 Å². The predicted octanol–water partition coefficient (Wildman–Crippen LogP) is 3.73. The molecule has 0 spiro atoms. The molecule has 0 saturated heterocycles. The van der Waals surface area contributed by atoms with E-state index >= 15 is 0 Å². The predicted molar refractivity (Wildman–Crippen MR) is 140 cm³/mol. The molecule has 4 rings (SSSR count). The molecule has 9 atom stereocenters. The van der Waals surface area contributed by atoms with Crippen LogP contribution >= 0.6 is 0 Å². The van der Waals surface area contributed by atoms with Crippen molar-refractivity contribution in [3.05, 3.63) is 22.5 Å². The summed E-state index contributed by atoms with van der Waals surface area (Å²) in [6, 6.07) is 0. The summed E-state index contributed by atoms with van der Waals surface area (Å²) in [5.74, 6) is -2.47. The molecule has 8 nitrogen and oxygen atoms in total. The average Bonchev–Trinajstić information content (AvgIpc) is 3.03. The van der Waals surface area contributed by atoms with Gasteiger partial charge in [-0.3, -0.25) is 9.59 Å². The van der Waals surface area contributed by atoms with Crippen molar-refractivity contribution in [2.24, 2.45) is 39.4 Å². The molecule has 0 aromatic rings. The van der Waals surface area contributed by atoms with Gasteiger partial charge in [0, 0.05) is 34.7 Å². The highest BCUT2D eigenvalue weighted by molar-refractivity contribution is 6.01. The van der Waals surface area contributed by atoms with Gasteiger partial charge >= 0.3 is 5.97 Å². The Bertz CT molecular complexity index is 1130. The number of hydrogen-bond donors (Lipinski definition) is 5. The number of carboxylic acid groups (broad SMARTS) is 1. The Balaban J connectivity index is 1.77. The van der Waals surface area contributed by atoms with Crippen LogP contribution in [0.3, 0.4) is 0 Å². The lowest BCUT2D eigenvalue weighted by Crippen LogP contribution is -2.60. The minimum atomic E-state index is -1.38. The van der Waals surface area contributed by atoms with Crippen LogP contribution in [0.1, 0.15) is 87.0 Å². The number of aliphatic hydroxyl groups excluding tert-OH is 4. The van der Waals surface area contributed by atoms with Crippen LogP contribution in [0.5, 0.6) is 0 Å². The lowest BCUT2D eigenvalue weighted by Gasteiger charge is -2.61. The van der Waals surface area contributed by atoms with Crippen molar-refractivity contribution in [1.82, 2.24) is 0 Å². The van der Waals surface area contributed by atoms with Crippen LogP contribution in [0.15, 0.2) is 22.5 Å². The first-order valence-electron chi connectivity index (χ1n) is 13.8. The van der Waals surface area contributed by atoms with Gasteiger partial charge in [0.1, 0.15) is 17.6 Å². The van der Waals surface area contributed by atoms with Gasteiger partial charge in [0.25, 0.3) is 0 Å². The Morgan fingerprint density at radius 2 is 1.66 bits per heavy atom. The number of carbonyl (C=O) groups excluding carboxylic acids is 2. The molecule has 8 heteroatoms. The molecule has 9 unspecified atom stereocenters. The summed E-state index contributed by atoms with van der Waals surface area (Å²) < 4.78 is 0. The first kappa shape index (κ1) is 29.0. The fourth-order valence-corrected chi connectivity index (χ4v) is 9.18. The van der Waals surface area contributed by atoms with Gasteiger partial charge in [-0.15, -0.1) is 0 Å². The van der Waals surface area contributed by atoms with Crippen molar-refractivity contribution in [2.75, 3.05) is 0 Å². The summed E-state index contributed by atoms with van der Waals surface area (Å²) in [6.07, 6.45) is -1.32. The van der Waals surface area contributed by atoms with Gasteiger partial charge in [0.05, 0.1) is 17.8 Å². The maximum Gasteiger partial charge on any atom is 0.334 e. The minimum Gasteiger partial charge on any atom is -0.509 e. The van der Waals surface area contributed by atoms with E-state index in [4.69, 9.17) is 0 Å². The summed E-state index contributed by atoms with van der Waals surface area (Å²) in [5.41, 5.74) is -1.96. The molecule has 5 N–H and O–H groups in total. The number of rotatable bonds is 5. The Morgan fingerprint density at radius 3 is 2.24 bits per heavy atom. The highest BCUT2D eigenvalue weighted by atomic mass is 16.4. The van der Waals surface area contributed by atoms with E-state index in [1.807, 2.05) is 34.6 Å². The number of allylic oxidation sites excluding steroid dienone is 1. The molecule has 0 aromatic heterocycles. The standard InChI is InChI=1S/C30H44O8/c1-14(10-18(32)25(36)15(2)26(37)38)16-11-22(35)30(7)24-17(31)12-20-27(3,4)21(34)8-9-28(20,5)23(24)19(33)13-29(16,30)6/h14,16-18,20,22,31-32,35-36H,8-13H2,1-7H3,(H,37,38). The summed E-state index contributed by atoms with van der Waals surface area (Å²) in [5, 5.41) is 53.3. The number of Topliss-reactive ketones (excluding diaryl/α,β-unsaturated/α-hetero) is 2. The molecular formula is C30H44O8. The summed E-state index contributed by atoms with van der Waals surface area (Å²) in [4.78, 5) is 38.2. The molecule has 0 radical (unpaired) electrons. The van der Waals surface area contributed by atoms with Crippen LogP contribution < -0.4 is 0 Å². The van der Waals surface area contributed by atoms with Gasteiger partial charge < -0.3 is 25.5 Å². The van der Waals surface area contributed by atoms with Crippen LogP contribution in [0.4, 0.5) is 0 Å². The first-order chi connectivity index (χ1) is 17.4. The molecule has 0 aromatic carbocycles. The van der Waals surface area contributed by atoms with Crippen molar-refractivity contribution in [2.45, 2.75) is 105 Å². The highest BCUT2D eigenvalue weighted by Gasteiger charge is 2.70. The molecule has 4 aliphatic carbocycles. The van der Waals surface area contributed by atoms with Gasteiger partial charge in [0.15, 0.2) is 5.78 Å². The molecule has 4 aliphatic rings. The van der Waals surface area contributed by atoms with Gasteiger partial charge in [-0.05, 0) is 61.3 Å². The fourth-order valence-electron chi connectivity index (χ4n) is 9.18. The maximum atomic E-state index is 14.1. The topological polar surface area (TPSA) is 152 Å². The van der Waals surface area contributed by atoms with Crippen LogP contribution in [0.25, 0.3) is 0 Å². The highest BCUT2D eigenvalue weighted by Crippen LogP contribution is 2.71. The Kier molecular flexibility index (Phi) is 6.86. The molecule has 0 bridgehead atoms. The monoisotopic (exact) mass is 532 g/mol. The fraction of sp³-hybridized carbons (Fsp3) is 0.767. The third kappa shape index (κ3) is 3.69. The second-order valence-corrected chi connectivity index (χ2v) is 13.8. The maximum absolute atomic E-state index is 14.1. The average molecular weight is 533 g/mol. The Morgan fingerprint density at radius 1 is 1.05 bits per heavy atom. The van der Waals surface area contributed by atoms with Crippen molar-refractivity contribution >= 4 is 17.5 Å². The van der Waals surface area contributed by atoms with Gasteiger partial charge in [-0.1, -0.05) is 41.5 Å². The van der Waals surface area contributed by atoms with Crippen LogP contribution in [0, 0.1) is 39.4 Å². The SMILES string of the molecule is CC(C(=O)O)=C(O)C(O)CC(C)C1CC(O)C2(C)C3=C(C(=O)CC12C)C1(C)CCC(=O)C(C)(C)C1CC3O. The van der Waals surface area contributed by atoms with E-state index < -0.39 is 51.7 Å². The summed E-state index contributed by atoms with van der Waals surface area (Å²) in [6.45, 7) is 12.9. The summed E-state index contributed by atoms with van der Waals surface area (Å²) in [7, 11) is 0. The lowest BCUT2D eigenvalue weighted by atomic mass is 9.42. The molecule has 0 heterocycles. The molecule has 0 amide bonds. The molecular weight excluding hydrogens is 488 g/mol. The lowest BCUT2D eigenvalue weighted by molar-refractivity contribution is -0.146. The molecule has 2 fully saturated rings. The van der Waals surface area contributed by atoms with E-state index in [1.54, 1.807) is 0 Å². The molecule has 0 aliphatic heterocycles. The van der Waals surface area contributed by atoms with Gasteiger partial charge in [-0.25, -0.2) is 4.79 Å². The molecule has 38 heavy (non-hydrogen) atoms. The van der Waals surface area contributed by atoms with Gasteiger partial charge in [0.2, 0.25) is 0 Å². The van der Waals surface area contributed by atoms with E-state index in [0.29, 0.717) is 36.8 Å². The van der Waals surface area contributed by atoms with E-state index in [9.17, 15) is 39.9 Å². The minimum absolute atomic E-state index is 0.0484. The number of carbonyl (C=O) groups is 3. The number of ketones is 2. The van der Waals surface area contributed by atoms with Crippen molar-refractivity contribution < 1.29 is 39.9 Å². The normalized spacial score (nSPS) is 42.6. The van der Waals surface area contributed by atoms with Crippen LogP contribution in [0.2, 0.25) is 0 Å². The number of carboxylic acids is 1. The number of hydrogen-bond acceptors (Lipinski definition) is 7. The Hall–Kier alpha value is -2.03. The third-order valence-electron chi connectivity index (χ3n) is 11.7.